The van der Waals surface area contributed by atoms with E-state index < -0.39 is 0 Å². The van der Waals surface area contributed by atoms with Crippen molar-refractivity contribution in [1.82, 2.24) is 4.98 Å². The molecule has 3 heterocycles. The monoisotopic (exact) mass is 219 g/mol. The average molecular weight is 219 g/mol. The number of aromatic nitrogens is 1. The fourth-order valence-corrected chi connectivity index (χ4v) is 2.43. The van der Waals surface area contributed by atoms with E-state index >= 15 is 0 Å². The van der Waals surface area contributed by atoms with Crippen molar-refractivity contribution in [2.24, 2.45) is 5.73 Å². The number of hydrogen-bond acceptors (Lipinski definition) is 4. The van der Waals surface area contributed by atoms with Crippen LogP contribution in [0.25, 0.3) is 0 Å². The first-order chi connectivity index (χ1) is 7.83. The van der Waals surface area contributed by atoms with Gasteiger partial charge in [-0.15, -0.1) is 0 Å². The maximum atomic E-state index is 5.98. The lowest BCUT2D eigenvalue weighted by molar-refractivity contribution is 0.133. The van der Waals surface area contributed by atoms with Crippen molar-refractivity contribution in [1.29, 1.82) is 0 Å². The first-order valence-corrected chi connectivity index (χ1v) is 5.90. The topological polar surface area (TPSA) is 51.4 Å². The number of ether oxygens (including phenoxy) is 1. The molecule has 1 aromatic heterocycles. The van der Waals surface area contributed by atoms with E-state index in [1.165, 1.54) is 5.56 Å². The third kappa shape index (κ3) is 1.79. The minimum absolute atomic E-state index is 0.292. The van der Waals surface area contributed by atoms with Crippen LogP contribution in [0, 0.1) is 0 Å². The molecule has 0 spiro atoms. The van der Waals surface area contributed by atoms with Gasteiger partial charge in [-0.3, -0.25) is 0 Å². The van der Waals surface area contributed by atoms with E-state index in [2.05, 4.69) is 22.0 Å². The number of anilines is 1. The third-order valence-electron chi connectivity index (χ3n) is 3.33. The lowest BCUT2D eigenvalue weighted by Crippen LogP contribution is -2.43. The van der Waals surface area contributed by atoms with Gasteiger partial charge in [-0.1, -0.05) is 6.07 Å². The Kier molecular flexibility index (Phi) is 2.53. The molecule has 1 atom stereocenters. The average Bonchev–Trinajstić information content (AvgIpc) is 2.75. The summed E-state index contributed by atoms with van der Waals surface area (Å²) >= 11 is 0. The fraction of sp³-hybridized carbons (Fsp3) is 0.583. The molecule has 1 fully saturated rings. The molecular formula is C12H17N3O. The van der Waals surface area contributed by atoms with E-state index in [1.54, 1.807) is 0 Å². The minimum Gasteiger partial charge on any atom is -0.370 e. The molecule has 16 heavy (non-hydrogen) atoms. The number of fused-ring (bicyclic) bond motifs is 1. The smallest absolute Gasteiger partial charge is 0.128 e. The van der Waals surface area contributed by atoms with Crippen LogP contribution < -0.4 is 10.6 Å². The molecule has 3 rings (SSSR count). The van der Waals surface area contributed by atoms with E-state index in [-0.39, 0.29) is 0 Å². The van der Waals surface area contributed by atoms with Gasteiger partial charge < -0.3 is 15.4 Å². The van der Waals surface area contributed by atoms with E-state index in [0.717, 1.165) is 37.4 Å². The number of pyridine rings is 1. The second-order valence-electron chi connectivity index (χ2n) is 4.62. The summed E-state index contributed by atoms with van der Waals surface area (Å²) in [4.78, 5) is 6.94. The Bertz CT molecular complexity index is 394. The zero-order chi connectivity index (χ0) is 11.0. The van der Waals surface area contributed by atoms with Crippen LogP contribution in [0.15, 0.2) is 12.1 Å². The lowest BCUT2D eigenvalue weighted by Gasteiger charge is -2.31. The number of nitrogens with zero attached hydrogens (tertiary/aromatic N) is 2. The summed E-state index contributed by atoms with van der Waals surface area (Å²) in [5.41, 5.74) is 8.30. The highest BCUT2D eigenvalue weighted by molar-refractivity contribution is 5.43. The Morgan fingerprint density at radius 1 is 1.38 bits per heavy atom. The van der Waals surface area contributed by atoms with Gasteiger partial charge in [0.2, 0.25) is 0 Å². The van der Waals surface area contributed by atoms with Crippen molar-refractivity contribution in [3.8, 4) is 0 Å². The summed E-state index contributed by atoms with van der Waals surface area (Å²) in [5.74, 6) is 1.06. The molecule has 2 aliphatic rings. The molecular weight excluding hydrogens is 202 g/mol. The first kappa shape index (κ1) is 10.1. The number of rotatable bonds is 1. The van der Waals surface area contributed by atoms with Crippen molar-refractivity contribution in [2.45, 2.75) is 32.1 Å². The molecule has 1 saturated heterocycles. The van der Waals surface area contributed by atoms with Gasteiger partial charge in [0.25, 0.3) is 0 Å². The molecule has 0 bridgehead atoms. The largest absolute Gasteiger partial charge is 0.370 e. The summed E-state index contributed by atoms with van der Waals surface area (Å²) < 4.78 is 5.37. The minimum atomic E-state index is 0.292. The quantitative estimate of drug-likeness (QED) is 0.766. The normalized spacial score (nSPS) is 24.6. The Labute approximate surface area is 95.4 Å². The molecule has 0 amide bonds. The van der Waals surface area contributed by atoms with Gasteiger partial charge in [0.1, 0.15) is 5.82 Å². The molecule has 86 valence electrons. The second-order valence-corrected chi connectivity index (χ2v) is 4.62. The zero-order valence-corrected chi connectivity index (χ0v) is 9.35. The zero-order valence-electron chi connectivity index (χ0n) is 9.35. The highest BCUT2D eigenvalue weighted by Gasteiger charge is 2.20. The van der Waals surface area contributed by atoms with Crippen molar-refractivity contribution < 1.29 is 4.74 Å². The summed E-state index contributed by atoms with van der Waals surface area (Å²) in [6.45, 7) is 3.36. The summed E-state index contributed by atoms with van der Waals surface area (Å²) in [6, 6.07) is 4.51. The van der Waals surface area contributed by atoms with Gasteiger partial charge in [-0.05, 0) is 18.9 Å². The molecule has 2 N–H and O–H groups in total. The van der Waals surface area contributed by atoms with Gasteiger partial charge in [0, 0.05) is 24.7 Å². The van der Waals surface area contributed by atoms with E-state index in [9.17, 15) is 0 Å². The fourth-order valence-electron chi connectivity index (χ4n) is 2.43. The molecule has 0 radical (unpaired) electrons. The predicted octanol–water partition coefficient (Wildman–Crippen LogP) is 1.04. The first-order valence-electron chi connectivity index (χ1n) is 5.90. The van der Waals surface area contributed by atoms with E-state index in [0.29, 0.717) is 19.3 Å². The molecule has 4 nitrogen and oxygen atoms in total. The molecule has 0 aliphatic carbocycles. The molecule has 4 heteroatoms. The Hall–Kier alpha value is -1.13. The van der Waals surface area contributed by atoms with Gasteiger partial charge in [0.15, 0.2) is 0 Å². The number of piperidine rings is 1. The predicted molar refractivity (Wildman–Crippen MR) is 62.2 cm³/mol. The van der Waals surface area contributed by atoms with Gasteiger partial charge in [-0.2, -0.15) is 0 Å². The van der Waals surface area contributed by atoms with Crippen LogP contribution in [0.5, 0.6) is 0 Å². The van der Waals surface area contributed by atoms with Crippen LogP contribution in [-0.4, -0.2) is 24.1 Å². The van der Waals surface area contributed by atoms with Gasteiger partial charge >= 0.3 is 0 Å². The highest BCUT2D eigenvalue weighted by Crippen LogP contribution is 2.23. The lowest BCUT2D eigenvalue weighted by atomic mass is 10.1. The maximum absolute atomic E-state index is 5.98. The Balaban J connectivity index is 1.83. The number of nitrogens with two attached hydrogens (primary N) is 1. The highest BCUT2D eigenvalue weighted by atomic mass is 16.5. The second kappa shape index (κ2) is 4.03. The van der Waals surface area contributed by atoms with Crippen LogP contribution in [0.3, 0.4) is 0 Å². The van der Waals surface area contributed by atoms with Crippen LogP contribution in [0.4, 0.5) is 5.82 Å². The molecule has 2 aliphatic heterocycles. The number of hydrogen-bond donors (Lipinski definition) is 1. The molecule has 1 unspecified atom stereocenters. The Morgan fingerprint density at radius 3 is 3.19 bits per heavy atom. The summed E-state index contributed by atoms with van der Waals surface area (Å²) in [6.07, 6.45) is 2.29. The third-order valence-corrected chi connectivity index (χ3v) is 3.33. The van der Waals surface area contributed by atoms with Crippen LogP contribution >= 0.6 is 0 Å². The van der Waals surface area contributed by atoms with E-state index in [4.69, 9.17) is 10.5 Å². The molecule has 0 aromatic carbocycles. The van der Waals surface area contributed by atoms with Crippen molar-refractivity contribution in [3.63, 3.8) is 0 Å². The summed E-state index contributed by atoms with van der Waals surface area (Å²) in [5, 5.41) is 0. The van der Waals surface area contributed by atoms with Gasteiger partial charge in [-0.25, -0.2) is 4.98 Å². The SMILES string of the molecule is NC1CCCN(c2ccc3c(n2)COC3)C1. The summed E-state index contributed by atoms with van der Waals surface area (Å²) in [7, 11) is 0. The van der Waals surface area contributed by atoms with Crippen molar-refractivity contribution >= 4 is 5.82 Å². The molecule has 0 saturated carbocycles. The Morgan fingerprint density at radius 2 is 2.31 bits per heavy atom. The van der Waals surface area contributed by atoms with Crippen molar-refractivity contribution in [2.75, 3.05) is 18.0 Å². The van der Waals surface area contributed by atoms with Crippen LogP contribution in [0.2, 0.25) is 0 Å². The maximum Gasteiger partial charge on any atom is 0.128 e. The van der Waals surface area contributed by atoms with Crippen molar-refractivity contribution in [3.05, 3.63) is 23.4 Å². The van der Waals surface area contributed by atoms with Crippen LogP contribution in [0.1, 0.15) is 24.1 Å². The van der Waals surface area contributed by atoms with E-state index in [1.807, 2.05) is 0 Å². The van der Waals surface area contributed by atoms with Crippen LogP contribution in [-0.2, 0) is 18.0 Å². The molecule has 1 aromatic rings. The van der Waals surface area contributed by atoms with Gasteiger partial charge in [0.05, 0.1) is 18.9 Å². The standard InChI is InChI=1S/C12H17N3O/c13-10-2-1-5-15(6-10)12-4-3-9-7-16-8-11(9)14-12/h3-4,10H,1-2,5-8,13H2.